The van der Waals surface area contributed by atoms with Crippen LogP contribution < -0.4 is 5.32 Å². The first-order valence-electron chi connectivity index (χ1n) is 5.10. The van der Waals surface area contributed by atoms with Crippen LogP contribution in [0, 0.1) is 18.3 Å². The molecule has 0 aliphatic heterocycles. The number of anilines is 1. The predicted molar refractivity (Wildman–Crippen MR) is 60.0 cm³/mol. The summed E-state index contributed by atoms with van der Waals surface area (Å²) in [5.74, 6) is 1.93. The molecule has 0 radical (unpaired) electrons. The maximum Gasteiger partial charge on any atom is 0.216 e. The number of hydrogen-bond donors (Lipinski definition) is 1. The van der Waals surface area contributed by atoms with Crippen LogP contribution in [0.5, 0.6) is 0 Å². The summed E-state index contributed by atoms with van der Waals surface area (Å²) in [6.07, 6.45) is 4.58. The number of nitriles is 1. The third-order valence-corrected chi connectivity index (χ3v) is 2.14. The van der Waals surface area contributed by atoms with Crippen LogP contribution in [0.4, 0.5) is 5.82 Å². The van der Waals surface area contributed by atoms with Gasteiger partial charge in [0.1, 0.15) is 23.7 Å². The summed E-state index contributed by atoms with van der Waals surface area (Å²) in [4.78, 5) is 12.1. The van der Waals surface area contributed by atoms with Crippen LogP contribution in [0.3, 0.4) is 0 Å². The van der Waals surface area contributed by atoms with Gasteiger partial charge in [-0.25, -0.2) is 15.0 Å². The van der Waals surface area contributed by atoms with Crippen molar-refractivity contribution in [2.75, 3.05) is 5.32 Å². The molecule has 0 saturated carbocycles. The van der Waals surface area contributed by atoms with E-state index in [2.05, 4.69) is 20.3 Å². The number of nitrogens with zero attached hydrogens (tertiary/aromatic N) is 4. The minimum absolute atomic E-state index is 0.106. The highest BCUT2D eigenvalue weighted by Crippen LogP contribution is 2.16. The summed E-state index contributed by atoms with van der Waals surface area (Å²) in [7, 11) is 0. The molecule has 0 fully saturated rings. The van der Waals surface area contributed by atoms with Crippen LogP contribution in [-0.2, 0) is 0 Å². The lowest BCUT2D eigenvalue weighted by molar-refractivity contribution is 0.453. The van der Waals surface area contributed by atoms with Crippen LogP contribution in [0.2, 0.25) is 0 Å². The zero-order chi connectivity index (χ0) is 12.3. The Morgan fingerprint density at radius 1 is 1.29 bits per heavy atom. The average Bonchev–Trinajstić information content (AvgIpc) is 2.77. The molecular weight excluding hydrogens is 218 g/mol. The van der Waals surface area contributed by atoms with Gasteiger partial charge in [-0.15, -0.1) is 0 Å². The Labute approximate surface area is 98.3 Å². The fraction of sp³-hybridized carbons (Fsp3) is 0.273. The van der Waals surface area contributed by atoms with E-state index in [9.17, 15) is 0 Å². The standard InChI is InChI=1S/C11H11N5O/c1-7-4-15-11(17-7)8(2)16-10-6-13-9(3-12)5-14-10/h4-6,8H,1-2H3,(H,14,16). The zero-order valence-electron chi connectivity index (χ0n) is 9.51. The van der Waals surface area contributed by atoms with E-state index in [1.807, 2.05) is 19.9 Å². The van der Waals surface area contributed by atoms with E-state index >= 15 is 0 Å². The van der Waals surface area contributed by atoms with Crippen LogP contribution >= 0.6 is 0 Å². The van der Waals surface area contributed by atoms with Crippen molar-refractivity contribution in [3.05, 3.63) is 35.9 Å². The van der Waals surface area contributed by atoms with Crippen LogP contribution in [-0.4, -0.2) is 15.0 Å². The van der Waals surface area contributed by atoms with E-state index in [0.29, 0.717) is 11.7 Å². The molecule has 0 saturated heterocycles. The largest absolute Gasteiger partial charge is 0.444 e. The molecule has 1 atom stereocenters. The Bertz CT molecular complexity index is 540. The molecule has 0 aliphatic rings. The molecule has 0 aromatic carbocycles. The van der Waals surface area contributed by atoms with Crippen molar-refractivity contribution in [1.82, 2.24) is 15.0 Å². The smallest absolute Gasteiger partial charge is 0.216 e. The highest BCUT2D eigenvalue weighted by atomic mass is 16.4. The summed E-state index contributed by atoms with van der Waals surface area (Å²) in [5, 5.41) is 11.7. The molecule has 6 nitrogen and oxygen atoms in total. The van der Waals surface area contributed by atoms with Gasteiger partial charge in [0.15, 0.2) is 5.69 Å². The second-order valence-electron chi connectivity index (χ2n) is 3.57. The van der Waals surface area contributed by atoms with Gasteiger partial charge in [0.25, 0.3) is 0 Å². The van der Waals surface area contributed by atoms with Crippen molar-refractivity contribution >= 4 is 5.82 Å². The van der Waals surface area contributed by atoms with Crippen molar-refractivity contribution in [2.45, 2.75) is 19.9 Å². The van der Waals surface area contributed by atoms with E-state index in [1.165, 1.54) is 12.4 Å². The number of nitrogens with one attached hydrogen (secondary N) is 1. The molecule has 0 aliphatic carbocycles. The van der Waals surface area contributed by atoms with Crippen molar-refractivity contribution < 1.29 is 4.42 Å². The molecule has 6 heteroatoms. The summed E-state index contributed by atoms with van der Waals surface area (Å²) in [5.41, 5.74) is 0.287. The summed E-state index contributed by atoms with van der Waals surface area (Å²) in [6, 6.07) is 1.80. The molecule has 2 heterocycles. The first-order valence-corrected chi connectivity index (χ1v) is 5.10. The molecule has 0 spiro atoms. The Morgan fingerprint density at radius 3 is 2.65 bits per heavy atom. The van der Waals surface area contributed by atoms with Crippen molar-refractivity contribution in [2.24, 2.45) is 0 Å². The fourth-order valence-corrected chi connectivity index (χ4v) is 1.32. The Balaban J connectivity index is 2.08. The maximum absolute atomic E-state index is 8.59. The van der Waals surface area contributed by atoms with Crippen LogP contribution in [0.25, 0.3) is 0 Å². The third-order valence-electron chi connectivity index (χ3n) is 2.14. The quantitative estimate of drug-likeness (QED) is 0.863. The summed E-state index contributed by atoms with van der Waals surface area (Å²) < 4.78 is 5.39. The van der Waals surface area contributed by atoms with Gasteiger partial charge in [0.05, 0.1) is 18.6 Å². The van der Waals surface area contributed by atoms with Gasteiger partial charge in [-0.3, -0.25) is 0 Å². The van der Waals surface area contributed by atoms with Crippen molar-refractivity contribution in [3.8, 4) is 6.07 Å². The van der Waals surface area contributed by atoms with E-state index in [0.717, 1.165) is 5.76 Å². The van der Waals surface area contributed by atoms with Crippen LogP contribution in [0.1, 0.15) is 30.3 Å². The summed E-state index contributed by atoms with van der Waals surface area (Å²) >= 11 is 0. The minimum Gasteiger partial charge on any atom is -0.444 e. The number of aryl methyl sites for hydroxylation is 1. The molecule has 2 aromatic heterocycles. The molecule has 2 aromatic rings. The van der Waals surface area contributed by atoms with Gasteiger partial charge in [0.2, 0.25) is 5.89 Å². The predicted octanol–water partition coefficient (Wildman–Crippen LogP) is 1.82. The Morgan fingerprint density at radius 2 is 2.12 bits per heavy atom. The van der Waals surface area contributed by atoms with E-state index in [1.54, 1.807) is 6.20 Å². The molecule has 1 unspecified atom stereocenters. The Kier molecular flexibility index (Phi) is 3.01. The lowest BCUT2D eigenvalue weighted by Crippen LogP contribution is -2.08. The highest BCUT2D eigenvalue weighted by molar-refractivity contribution is 5.34. The second kappa shape index (κ2) is 4.61. The highest BCUT2D eigenvalue weighted by Gasteiger charge is 2.11. The van der Waals surface area contributed by atoms with Gasteiger partial charge in [0, 0.05) is 0 Å². The molecule has 0 amide bonds. The molecule has 17 heavy (non-hydrogen) atoms. The topological polar surface area (TPSA) is 87.6 Å². The molecular formula is C11H11N5O. The first kappa shape index (κ1) is 11.1. The number of hydrogen-bond acceptors (Lipinski definition) is 6. The average molecular weight is 229 g/mol. The molecule has 86 valence electrons. The SMILES string of the molecule is Cc1cnc(C(C)Nc2cnc(C#N)cn2)o1. The van der Waals surface area contributed by atoms with E-state index in [4.69, 9.17) is 9.68 Å². The summed E-state index contributed by atoms with van der Waals surface area (Å²) in [6.45, 7) is 3.75. The lowest BCUT2D eigenvalue weighted by Gasteiger charge is -2.10. The van der Waals surface area contributed by atoms with E-state index in [-0.39, 0.29) is 11.7 Å². The normalized spacial score (nSPS) is 11.8. The van der Waals surface area contributed by atoms with E-state index < -0.39 is 0 Å². The fourth-order valence-electron chi connectivity index (χ4n) is 1.32. The third kappa shape index (κ3) is 2.58. The van der Waals surface area contributed by atoms with Crippen molar-refractivity contribution in [3.63, 3.8) is 0 Å². The van der Waals surface area contributed by atoms with Gasteiger partial charge in [-0.2, -0.15) is 5.26 Å². The number of oxazole rings is 1. The van der Waals surface area contributed by atoms with Crippen LogP contribution in [0.15, 0.2) is 23.0 Å². The van der Waals surface area contributed by atoms with Gasteiger partial charge in [-0.1, -0.05) is 0 Å². The molecule has 1 N–H and O–H groups in total. The monoisotopic (exact) mass is 229 g/mol. The van der Waals surface area contributed by atoms with Gasteiger partial charge in [-0.05, 0) is 13.8 Å². The number of aromatic nitrogens is 3. The lowest BCUT2D eigenvalue weighted by atomic mass is 10.3. The number of rotatable bonds is 3. The first-order chi connectivity index (χ1) is 8.19. The minimum atomic E-state index is -0.106. The zero-order valence-corrected chi connectivity index (χ0v) is 9.51. The Hall–Kier alpha value is -2.42. The van der Waals surface area contributed by atoms with Crippen molar-refractivity contribution in [1.29, 1.82) is 5.26 Å². The second-order valence-corrected chi connectivity index (χ2v) is 3.57. The maximum atomic E-state index is 8.59. The van der Waals surface area contributed by atoms with Gasteiger partial charge < -0.3 is 9.73 Å². The van der Waals surface area contributed by atoms with Gasteiger partial charge >= 0.3 is 0 Å². The molecule has 2 rings (SSSR count). The molecule has 0 bridgehead atoms.